The van der Waals surface area contributed by atoms with Crippen LogP contribution in [0.3, 0.4) is 0 Å². The van der Waals surface area contributed by atoms with E-state index < -0.39 is 0 Å². The van der Waals surface area contributed by atoms with E-state index in [-0.39, 0.29) is 23.7 Å². The molecule has 1 aromatic heterocycles. The Balaban J connectivity index is 0.00000144. The van der Waals surface area contributed by atoms with Crippen molar-refractivity contribution in [1.82, 2.24) is 4.90 Å². The normalized spacial score (nSPS) is 23.6. The first-order valence-corrected chi connectivity index (χ1v) is 6.52. The molecule has 0 aromatic carbocycles. The van der Waals surface area contributed by atoms with Crippen LogP contribution in [0.15, 0.2) is 10.8 Å². The highest BCUT2D eigenvalue weighted by molar-refractivity contribution is 7.08. The summed E-state index contributed by atoms with van der Waals surface area (Å²) < 4.78 is 0. The number of amides is 1. The first-order valence-electron chi connectivity index (χ1n) is 5.58. The standard InChI is InChI=1S/C12H18N2OS.ClH/c1-9-5-16-6-10(9)11(15)14-4-3-12(2,7-13)8-14;/h5-6H,3-4,7-8,13H2,1-2H3;1H. The highest BCUT2D eigenvalue weighted by atomic mass is 35.5. The van der Waals surface area contributed by atoms with Gasteiger partial charge in [0.15, 0.2) is 0 Å². The monoisotopic (exact) mass is 274 g/mol. The summed E-state index contributed by atoms with van der Waals surface area (Å²) in [5.41, 5.74) is 7.79. The van der Waals surface area contributed by atoms with E-state index >= 15 is 0 Å². The highest BCUT2D eigenvalue weighted by Gasteiger charge is 2.35. The Morgan fingerprint density at radius 2 is 2.29 bits per heavy atom. The number of nitrogens with two attached hydrogens (primary N) is 1. The summed E-state index contributed by atoms with van der Waals surface area (Å²) in [7, 11) is 0. The van der Waals surface area contributed by atoms with Gasteiger partial charge < -0.3 is 10.6 Å². The molecule has 2 rings (SSSR count). The SMILES string of the molecule is Cc1cscc1C(=O)N1CCC(C)(CN)C1.Cl. The molecular weight excluding hydrogens is 256 g/mol. The van der Waals surface area contributed by atoms with E-state index in [4.69, 9.17) is 5.73 Å². The lowest BCUT2D eigenvalue weighted by atomic mass is 9.90. The lowest BCUT2D eigenvalue weighted by Crippen LogP contribution is -2.34. The van der Waals surface area contributed by atoms with Crippen LogP contribution in [0.5, 0.6) is 0 Å². The number of halogens is 1. The van der Waals surface area contributed by atoms with E-state index in [9.17, 15) is 4.79 Å². The molecule has 1 atom stereocenters. The van der Waals surface area contributed by atoms with Gasteiger partial charge in [0, 0.05) is 18.5 Å². The van der Waals surface area contributed by atoms with E-state index in [1.54, 1.807) is 11.3 Å². The van der Waals surface area contributed by atoms with Crippen molar-refractivity contribution in [2.45, 2.75) is 20.3 Å². The van der Waals surface area contributed by atoms with E-state index in [2.05, 4.69) is 6.92 Å². The van der Waals surface area contributed by atoms with Gasteiger partial charge >= 0.3 is 0 Å². The molecule has 5 heteroatoms. The smallest absolute Gasteiger partial charge is 0.254 e. The van der Waals surface area contributed by atoms with Crippen LogP contribution < -0.4 is 5.73 Å². The van der Waals surface area contributed by atoms with E-state index in [1.807, 2.05) is 22.6 Å². The quantitative estimate of drug-likeness (QED) is 0.899. The van der Waals surface area contributed by atoms with Crippen LogP contribution in [0.25, 0.3) is 0 Å². The van der Waals surface area contributed by atoms with Crippen LogP contribution in [0.1, 0.15) is 29.3 Å². The van der Waals surface area contributed by atoms with Gasteiger partial charge in [0.1, 0.15) is 0 Å². The number of hydrogen-bond donors (Lipinski definition) is 1. The summed E-state index contributed by atoms with van der Waals surface area (Å²) in [6, 6.07) is 0. The molecule has 3 nitrogen and oxygen atoms in total. The number of thiophene rings is 1. The third-order valence-corrected chi connectivity index (χ3v) is 4.29. The first-order chi connectivity index (χ1) is 7.56. The van der Waals surface area contributed by atoms with Crippen LogP contribution >= 0.6 is 23.7 Å². The van der Waals surface area contributed by atoms with Gasteiger partial charge in [-0.1, -0.05) is 6.92 Å². The van der Waals surface area contributed by atoms with Crippen molar-refractivity contribution in [2.75, 3.05) is 19.6 Å². The van der Waals surface area contributed by atoms with Crippen LogP contribution in [0, 0.1) is 12.3 Å². The van der Waals surface area contributed by atoms with Gasteiger partial charge in [-0.3, -0.25) is 4.79 Å². The summed E-state index contributed by atoms with van der Waals surface area (Å²) in [5, 5.41) is 3.96. The van der Waals surface area contributed by atoms with Crippen molar-refractivity contribution in [3.05, 3.63) is 21.9 Å². The van der Waals surface area contributed by atoms with Crippen molar-refractivity contribution in [1.29, 1.82) is 0 Å². The molecule has 1 aliphatic rings. The van der Waals surface area contributed by atoms with E-state index in [1.165, 1.54) is 0 Å². The van der Waals surface area contributed by atoms with Crippen molar-refractivity contribution in [2.24, 2.45) is 11.1 Å². The van der Waals surface area contributed by atoms with Crippen LogP contribution in [0.2, 0.25) is 0 Å². The zero-order chi connectivity index (χ0) is 11.8. The van der Waals surface area contributed by atoms with E-state index in [0.717, 1.165) is 30.6 Å². The molecule has 1 unspecified atom stereocenters. The number of aryl methyl sites for hydroxylation is 1. The van der Waals surface area contributed by atoms with Crippen molar-refractivity contribution in [3.63, 3.8) is 0 Å². The van der Waals surface area contributed by atoms with Gasteiger partial charge in [0.25, 0.3) is 5.91 Å². The Hall–Kier alpha value is -0.580. The minimum absolute atomic E-state index is 0. The molecule has 1 amide bonds. The average Bonchev–Trinajstić information content (AvgIpc) is 2.85. The number of carbonyl (C=O) groups is 1. The van der Waals surface area contributed by atoms with E-state index in [0.29, 0.717) is 6.54 Å². The zero-order valence-corrected chi connectivity index (χ0v) is 11.9. The Morgan fingerprint density at radius 1 is 1.59 bits per heavy atom. The Labute approximate surface area is 112 Å². The molecule has 1 saturated heterocycles. The maximum absolute atomic E-state index is 12.2. The Bertz CT molecular complexity index is 407. The van der Waals surface area contributed by atoms with Gasteiger partial charge in [0.05, 0.1) is 5.56 Å². The van der Waals surface area contributed by atoms with Crippen LogP contribution in [-0.2, 0) is 0 Å². The van der Waals surface area contributed by atoms with Gasteiger partial charge in [0.2, 0.25) is 0 Å². The molecule has 0 bridgehead atoms. The van der Waals surface area contributed by atoms with Gasteiger partial charge in [-0.2, -0.15) is 11.3 Å². The Morgan fingerprint density at radius 3 is 2.76 bits per heavy atom. The first kappa shape index (κ1) is 14.5. The molecule has 17 heavy (non-hydrogen) atoms. The lowest BCUT2D eigenvalue weighted by Gasteiger charge is -2.22. The zero-order valence-electron chi connectivity index (χ0n) is 10.2. The molecule has 0 spiro atoms. The molecule has 96 valence electrons. The lowest BCUT2D eigenvalue weighted by molar-refractivity contribution is 0.0777. The number of carbonyl (C=O) groups excluding carboxylic acids is 1. The minimum Gasteiger partial charge on any atom is -0.338 e. The third-order valence-electron chi connectivity index (χ3n) is 3.42. The second-order valence-electron chi connectivity index (χ2n) is 4.96. The molecule has 2 heterocycles. The number of hydrogen-bond acceptors (Lipinski definition) is 3. The van der Waals surface area contributed by atoms with Crippen molar-refractivity contribution >= 4 is 29.7 Å². The van der Waals surface area contributed by atoms with Gasteiger partial charge in [-0.05, 0) is 36.2 Å². The van der Waals surface area contributed by atoms with Gasteiger partial charge in [-0.15, -0.1) is 12.4 Å². The summed E-state index contributed by atoms with van der Waals surface area (Å²) in [4.78, 5) is 14.2. The van der Waals surface area contributed by atoms with Crippen LogP contribution in [0.4, 0.5) is 0 Å². The largest absolute Gasteiger partial charge is 0.338 e. The topological polar surface area (TPSA) is 46.3 Å². The van der Waals surface area contributed by atoms with Crippen molar-refractivity contribution in [3.8, 4) is 0 Å². The maximum Gasteiger partial charge on any atom is 0.254 e. The second-order valence-corrected chi connectivity index (χ2v) is 5.70. The summed E-state index contributed by atoms with van der Waals surface area (Å²) in [6.07, 6.45) is 1.01. The molecule has 2 N–H and O–H groups in total. The number of nitrogens with zero attached hydrogens (tertiary/aromatic N) is 1. The second kappa shape index (κ2) is 5.38. The summed E-state index contributed by atoms with van der Waals surface area (Å²) in [5.74, 6) is 0.163. The predicted molar refractivity (Wildman–Crippen MR) is 74.0 cm³/mol. The third kappa shape index (κ3) is 2.81. The summed E-state index contributed by atoms with van der Waals surface area (Å²) >= 11 is 1.59. The minimum atomic E-state index is 0. The molecular formula is C12H19ClN2OS. The average molecular weight is 275 g/mol. The maximum atomic E-state index is 12.2. The van der Waals surface area contributed by atoms with Crippen molar-refractivity contribution < 1.29 is 4.79 Å². The molecule has 1 aliphatic heterocycles. The molecule has 0 aliphatic carbocycles. The fourth-order valence-corrected chi connectivity index (χ4v) is 2.94. The number of likely N-dealkylation sites (tertiary alicyclic amines) is 1. The molecule has 0 radical (unpaired) electrons. The predicted octanol–water partition coefficient (Wildman–Crippen LogP) is 2.29. The van der Waals surface area contributed by atoms with Crippen LogP contribution in [-0.4, -0.2) is 30.4 Å². The van der Waals surface area contributed by atoms with Gasteiger partial charge in [-0.25, -0.2) is 0 Å². The fourth-order valence-electron chi connectivity index (χ4n) is 2.11. The summed E-state index contributed by atoms with van der Waals surface area (Å²) in [6.45, 7) is 6.42. The highest BCUT2D eigenvalue weighted by Crippen LogP contribution is 2.30. The number of rotatable bonds is 2. The molecule has 1 fully saturated rings. The molecule has 1 aromatic rings. The Kier molecular flexibility index (Phi) is 4.58. The fraction of sp³-hybridized carbons (Fsp3) is 0.583. The molecule has 0 saturated carbocycles.